The van der Waals surface area contributed by atoms with E-state index in [1.807, 2.05) is 54.6 Å². The fraction of sp³-hybridized carbons (Fsp3) is 0.133. The normalized spacial score (nSPS) is 9.95. The van der Waals surface area contributed by atoms with Crippen molar-refractivity contribution in [2.75, 3.05) is 16.4 Å². The summed E-state index contributed by atoms with van der Waals surface area (Å²) in [6.45, 7) is 0. The third-order valence-electron chi connectivity index (χ3n) is 2.57. The predicted molar refractivity (Wildman–Crippen MR) is 83.3 cm³/mol. The van der Waals surface area contributed by atoms with Gasteiger partial charge >= 0.3 is 0 Å². The summed E-state index contributed by atoms with van der Waals surface area (Å²) in [5.74, 6) is 0.540. The van der Waals surface area contributed by atoms with E-state index in [4.69, 9.17) is 0 Å². The molecule has 2 rings (SSSR count). The lowest BCUT2D eigenvalue weighted by atomic mass is 10.2. The van der Waals surface area contributed by atoms with E-state index in [-0.39, 0.29) is 5.91 Å². The summed E-state index contributed by atoms with van der Waals surface area (Å²) in [5, 5.41) is 6.10. The van der Waals surface area contributed by atoms with E-state index in [2.05, 4.69) is 23.3 Å². The van der Waals surface area contributed by atoms with Crippen LogP contribution in [0.25, 0.3) is 0 Å². The molecule has 19 heavy (non-hydrogen) atoms. The van der Waals surface area contributed by atoms with Crippen LogP contribution in [-0.4, -0.2) is 11.7 Å². The average Bonchev–Trinajstić information content (AvgIpc) is 2.42. The molecular formula is C15H16N2OS. The van der Waals surface area contributed by atoms with E-state index < -0.39 is 0 Å². The Morgan fingerprint density at radius 1 is 0.895 bits per heavy atom. The molecule has 0 radical (unpaired) electrons. The number of para-hydroxylation sites is 1. The van der Waals surface area contributed by atoms with Gasteiger partial charge < -0.3 is 10.6 Å². The lowest BCUT2D eigenvalue weighted by molar-refractivity contribution is -0.115. The Hall–Kier alpha value is -1.94. The highest BCUT2D eigenvalue weighted by atomic mass is 32.1. The monoisotopic (exact) mass is 272 g/mol. The van der Waals surface area contributed by atoms with Crippen LogP contribution < -0.4 is 10.6 Å². The van der Waals surface area contributed by atoms with Gasteiger partial charge in [-0.2, -0.15) is 12.6 Å². The third kappa shape index (κ3) is 4.34. The first-order valence-electron chi connectivity index (χ1n) is 6.11. The van der Waals surface area contributed by atoms with Crippen molar-refractivity contribution in [3.63, 3.8) is 0 Å². The van der Waals surface area contributed by atoms with Crippen LogP contribution in [0.3, 0.4) is 0 Å². The molecule has 2 aromatic carbocycles. The van der Waals surface area contributed by atoms with Gasteiger partial charge in [-0.1, -0.05) is 18.2 Å². The molecule has 4 heteroatoms. The molecule has 0 aliphatic carbocycles. The van der Waals surface area contributed by atoms with Gasteiger partial charge in [-0.05, 0) is 42.2 Å². The number of hydrogen-bond donors (Lipinski definition) is 3. The molecule has 0 aliphatic heterocycles. The van der Waals surface area contributed by atoms with Gasteiger partial charge in [0.15, 0.2) is 0 Å². The number of thiol groups is 1. The summed E-state index contributed by atoms with van der Waals surface area (Å²) in [4.78, 5) is 11.4. The van der Waals surface area contributed by atoms with Crippen LogP contribution in [0.15, 0.2) is 54.6 Å². The maximum absolute atomic E-state index is 11.4. The van der Waals surface area contributed by atoms with Gasteiger partial charge in [-0.25, -0.2) is 0 Å². The molecule has 2 aromatic rings. The standard InChI is InChI=1S/C15H16N2OS/c18-15(10-11-19)17-14-8-6-13(7-9-14)16-12-4-2-1-3-5-12/h1-9,16,19H,10-11H2,(H,17,18). The maximum Gasteiger partial charge on any atom is 0.225 e. The van der Waals surface area contributed by atoms with E-state index >= 15 is 0 Å². The Balaban J connectivity index is 1.97. The van der Waals surface area contributed by atoms with Crippen LogP contribution in [0.1, 0.15) is 6.42 Å². The highest BCUT2D eigenvalue weighted by Gasteiger charge is 2.00. The molecular weight excluding hydrogens is 256 g/mol. The Bertz CT molecular complexity index is 526. The minimum absolute atomic E-state index is 0.0150. The number of benzene rings is 2. The first-order chi connectivity index (χ1) is 9.28. The van der Waals surface area contributed by atoms with Gasteiger partial charge in [0.25, 0.3) is 0 Å². The minimum Gasteiger partial charge on any atom is -0.356 e. The number of nitrogens with one attached hydrogen (secondary N) is 2. The average molecular weight is 272 g/mol. The Labute approximate surface area is 118 Å². The van der Waals surface area contributed by atoms with Crippen molar-refractivity contribution in [1.82, 2.24) is 0 Å². The largest absolute Gasteiger partial charge is 0.356 e. The van der Waals surface area contributed by atoms with E-state index in [1.165, 1.54) is 0 Å². The van der Waals surface area contributed by atoms with E-state index in [0.29, 0.717) is 12.2 Å². The van der Waals surface area contributed by atoms with Crippen molar-refractivity contribution in [2.24, 2.45) is 0 Å². The zero-order valence-corrected chi connectivity index (χ0v) is 11.4. The topological polar surface area (TPSA) is 41.1 Å². The summed E-state index contributed by atoms with van der Waals surface area (Å²) in [7, 11) is 0. The number of carbonyl (C=O) groups excluding carboxylic acids is 1. The van der Waals surface area contributed by atoms with Gasteiger partial charge in [0.1, 0.15) is 0 Å². The molecule has 0 aromatic heterocycles. The number of carbonyl (C=O) groups is 1. The molecule has 1 amide bonds. The fourth-order valence-corrected chi connectivity index (χ4v) is 1.85. The van der Waals surface area contributed by atoms with Gasteiger partial charge in [0.05, 0.1) is 0 Å². The second-order valence-corrected chi connectivity index (χ2v) is 4.54. The molecule has 0 saturated heterocycles. The number of anilines is 3. The van der Waals surface area contributed by atoms with Gasteiger partial charge in [0.2, 0.25) is 5.91 Å². The van der Waals surface area contributed by atoms with Crippen molar-refractivity contribution in [1.29, 1.82) is 0 Å². The molecule has 0 unspecified atom stereocenters. The molecule has 0 fully saturated rings. The summed E-state index contributed by atoms with van der Waals surface area (Å²) in [6, 6.07) is 17.6. The zero-order chi connectivity index (χ0) is 13.5. The Morgan fingerprint density at radius 3 is 2.11 bits per heavy atom. The first kappa shape index (κ1) is 13.5. The van der Waals surface area contributed by atoms with Gasteiger partial charge in [0, 0.05) is 23.5 Å². The molecule has 0 aliphatic rings. The highest BCUT2D eigenvalue weighted by Crippen LogP contribution is 2.18. The highest BCUT2D eigenvalue weighted by molar-refractivity contribution is 7.80. The summed E-state index contributed by atoms with van der Waals surface area (Å²) < 4.78 is 0. The molecule has 0 atom stereocenters. The van der Waals surface area contributed by atoms with Crippen LogP contribution in [0.2, 0.25) is 0 Å². The van der Waals surface area contributed by atoms with Crippen LogP contribution >= 0.6 is 12.6 Å². The molecule has 0 saturated carbocycles. The fourth-order valence-electron chi connectivity index (χ4n) is 1.65. The second kappa shape index (κ2) is 6.85. The van der Waals surface area contributed by atoms with Crippen molar-refractivity contribution >= 4 is 35.6 Å². The molecule has 0 heterocycles. The second-order valence-electron chi connectivity index (χ2n) is 4.09. The smallest absolute Gasteiger partial charge is 0.225 e. The minimum atomic E-state index is -0.0150. The number of hydrogen-bond acceptors (Lipinski definition) is 3. The Morgan fingerprint density at radius 2 is 1.47 bits per heavy atom. The van der Waals surface area contributed by atoms with Gasteiger partial charge in [-0.3, -0.25) is 4.79 Å². The quantitative estimate of drug-likeness (QED) is 0.727. The number of rotatable bonds is 5. The van der Waals surface area contributed by atoms with E-state index in [9.17, 15) is 4.79 Å². The molecule has 98 valence electrons. The third-order valence-corrected chi connectivity index (χ3v) is 2.79. The van der Waals surface area contributed by atoms with Crippen molar-refractivity contribution < 1.29 is 4.79 Å². The molecule has 0 bridgehead atoms. The molecule has 2 N–H and O–H groups in total. The number of amides is 1. The zero-order valence-electron chi connectivity index (χ0n) is 10.5. The van der Waals surface area contributed by atoms with Crippen molar-refractivity contribution in [3.8, 4) is 0 Å². The van der Waals surface area contributed by atoms with E-state index in [1.54, 1.807) is 0 Å². The Kier molecular flexibility index (Phi) is 4.86. The first-order valence-corrected chi connectivity index (χ1v) is 6.74. The summed E-state index contributed by atoms with van der Waals surface area (Å²) in [6.07, 6.45) is 0.424. The van der Waals surface area contributed by atoms with Crippen LogP contribution in [0.5, 0.6) is 0 Å². The van der Waals surface area contributed by atoms with Crippen molar-refractivity contribution in [3.05, 3.63) is 54.6 Å². The lowest BCUT2D eigenvalue weighted by Gasteiger charge is -2.08. The summed E-state index contributed by atoms with van der Waals surface area (Å²) in [5.41, 5.74) is 2.82. The van der Waals surface area contributed by atoms with Gasteiger partial charge in [-0.15, -0.1) is 0 Å². The van der Waals surface area contributed by atoms with Crippen LogP contribution in [0, 0.1) is 0 Å². The SMILES string of the molecule is O=C(CCS)Nc1ccc(Nc2ccccc2)cc1. The lowest BCUT2D eigenvalue weighted by Crippen LogP contribution is -2.11. The van der Waals surface area contributed by atoms with E-state index in [0.717, 1.165) is 17.1 Å². The predicted octanol–water partition coefficient (Wildman–Crippen LogP) is 3.69. The molecule has 3 nitrogen and oxygen atoms in total. The van der Waals surface area contributed by atoms with Crippen LogP contribution in [-0.2, 0) is 4.79 Å². The maximum atomic E-state index is 11.4. The van der Waals surface area contributed by atoms with Crippen LogP contribution in [0.4, 0.5) is 17.1 Å². The summed E-state index contributed by atoms with van der Waals surface area (Å²) >= 11 is 4.03. The molecule has 0 spiro atoms. The van der Waals surface area contributed by atoms with Crippen molar-refractivity contribution in [2.45, 2.75) is 6.42 Å².